The SMILES string of the molecule is O=C(NCCSCc1ccccc1)c1cc2cc([N+](=O)[O-])ccc2s1. The van der Waals surface area contributed by atoms with Crippen molar-refractivity contribution in [2.24, 2.45) is 0 Å². The topological polar surface area (TPSA) is 72.2 Å². The van der Waals surface area contributed by atoms with Gasteiger partial charge in [0.1, 0.15) is 0 Å². The number of hydrogen-bond acceptors (Lipinski definition) is 5. The van der Waals surface area contributed by atoms with Crippen LogP contribution in [0.25, 0.3) is 10.1 Å². The largest absolute Gasteiger partial charge is 0.351 e. The van der Waals surface area contributed by atoms with Crippen molar-refractivity contribution < 1.29 is 9.72 Å². The van der Waals surface area contributed by atoms with Crippen molar-refractivity contribution in [1.82, 2.24) is 5.32 Å². The fourth-order valence-electron chi connectivity index (χ4n) is 2.34. The van der Waals surface area contributed by atoms with Crippen molar-refractivity contribution in [2.45, 2.75) is 5.75 Å². The molecule has 0 aliphatic heterocycles. The third-order valence-corrected chi connectivity index (χ3v) is 5.72. The first-order valence-corrected chi connectivity index (χ1v) is 9.68. The first kappa shape index (κ1) is 17.4. The zero-order valence-corrected chi connectivity index (χ0v) is 14.9. The van der Waals surface area contributed by atoms with E-state index >= 15 is 0 Å². The minimum Gasteiger partial charge on any atom is -0.351 e. The van der Waals surface area contributed by atoms with Gasteiger partial charge in [0.2, 0.25) is 0 Å². The Labute approximate surface area is 153 Å². The Morgan fingerprint density at radius 2 is 1.96 bits per heavy atom. The van der Waals surface area contributed by atoms with E-state index in [1.807, 2.05) is 18.2 Å². The van der Waals surface area contributed by atoms with Crippen molar-refractivity contribution in [3.05, 3.63) is 75.2 Å². The van der Waals surface area contributed by atoms with Crippen LogP contribution in [0.3, 0.4) is 0 Å². The summed E-state index contributed by atoms with van der Waals surface area (Å²) in [6.07, 6.45) is 0. The number of amides is 1. The van der Waals surface area contributed by atoms with Crippen molar-refractivity contribution in [3.8, 4) is 0 Å². The molecule has 7 heteroatoms. The molecule has 1 amide bonds. The number of non-ortho nitro benzene ring substituents is 1. The Morgan fingerprint density at radius 3 is 2.72 bits per heavy atom. The Balaban J connectivity index is 1.51. The van der Waals surface area contributed by atoms with Crippen LogP contribution in [-0.2, 0) is 5.75 Å². The van der Waals surface area contributed by atoms with Crippen LogP contribution in [0.4, 0.5) is 5.69 Å². The maximum absolute atomic E-state index is 12.2. The van der Waals surface area contributed by atoms with Crippen LogP contribution >= 0.6 is 23.1 Å². The highest BCUT2D eigenvalue weighted by Gasteiger charge is 2.13. The van der Waals surface area contributed by atoms with Crippen LogP contribution in [0.2, 0.25) is 0 Å². The van der Waals surface area contributed by atoms with Crippen LogP contribution in [0.1, 0.15) is 15.2 Å². The Morgan fingerprint density at radius 1 is 1.16 bits per heavy atom. The van der Waals surface area contributed by atoms with E-state index in [1.54, 1.807) is 23.9 Å². The molecule has 0 saturated heterocycles. The van der Waals surface area contributed by atoms with E-state index < -0.39 is 4.92 Å². The number of thioether (sulfide) groups is 1. The lowest BCUT2D eigenvalue weighted by molar-refractivity contribution is -0.384. The van der Waals surface area contributed by atoms with E-state index in [-0.39, 0.29) is 11.6 Å². The van der Waals surface area contributed by atoms with E-state index in [0.29, 0.717) is 11.4 Å². The van der Waals surface area contributed by atoms with Crippen LogP contribution in [0, 0.1) is 10.1 Å². The maximum atomic E-state index is 12.2. The average molecular weight is 372 g/mol. The number of carbonyl (C=O) groups is 1. The number of fused-ring (bicyclic) bond motifs is 1. The van der Waals surface area contributed by atoms with Crippen molar-refractivity contribution >= 4 is 44.8 Å². The van der Waals surface area contributed by atoms with Gasteiger partial charge in [0, 0.05) is 40.3 Å². The molecule has 5 nitrogen and oxygen atoms in total. The molecule has 1 N–H and O–H groups in total. The zero-order chi connectivity index (χ0) is 17.6. The molecular weight excluding hydrogens is 356 g/mol. The zero-order valence-electron chi connectivity index (χ0n) is 13.3. The first-order chi connectivity index (χ1) is 12.1. The molecular formula is C18H16N2O3S2. The highest BCUT2D eigenvalue weighted by Crippen LogP contribution is 2.28. The molecule has 1 aromatic heterocycles. The summed E-state index contributed by atoms with van der Waals surface area (Å²) in [6, 6.07) is 16.5. The minimum absolute atomic E-state index is 0.0366. The summed E-state index contributed by atoms with van der Waals surface area (Å²) in [5.74, 6) is 1.62. The molecule has 0 aliphatic carbocycles. The van der Waals surface area contributed by atoms with Crippen LogP contribution in [0.5, 0.6) is 0 Å². The molecule has 0 atom stereocenters. The van der Waals surface area contributed by atoms with Gasteiger partial charge in [0.05, 0.1) is 9.80 Å². The van der Waals surface area contributed by atoms with E-state index in [2.05, 4.69) is 17.4 Å². The summed E-state index contributed by atoms with van der Waals surface area (Å²) >= 11 is 3.11. The molecule has 0 spiro atoms. The second-order valence-electron chi connectivity index (χ2n) is 5.38. The first-order valence-electron chi connectivity index (χ1n) is 7.71. The number of thiophene rings is 1. The lowest BCUT2D eigenvalue weighted by atomic mass is 10.2. The predicted molar refractivity (Wildman–Crippen MR) is 103 cm³/mol. The summed E-state index contributed by atoms with van der Waals surface area (Å²) in [7, 11) is 0. The van der Waals surface area contributed by atoms with Crippen molar-refractivity contribution in [1.29, 1.82) is 0 Å². The molecule has 128 valence electrons. The number of rotatable bonds is 7. The van der Waals surface area contributed by atoms with Gasteiger partial charge >= 0.3 is 0 Å². The van der Waals surface area contributed by atoms with E-state index in [9.17, 15) is 14.9 Å². The van der Waals surface area contributed by atoms with Gasteiger partial charge in [-0.25, -0.2) is 0 Å². The fraction of sp³-hybridized carbons (Fsp3) is 0.167. The maximum Gasteiger partial charge on any atom is 0.270 e. The van der Waals surface area contributed by atoms with Gasteiger partial charge < -0.3 is 5.32 Å². The Kier molecular flexibility index (Phi) is 5.67. The number of nitrogens with zero attached hydrogens (tertiary/aromatic N) is 1. The summed E-state index contributed by atoms with van der Waals surface area (Å²) in [5, 5.41) is 14.4. The number of hydrogen-bond donors (Lipinski definition) is 1. The Bertz CT molecular complexity index is 894. The number of nitro benzene ring substituents is 1. The molecule has 0 bridgehead atoms. The third-order valence-electron chi connectivity index (χ3n) is 3.58. The van der Waals surface area contributed by atoms with Gasteiger partial charge in [0.15, 0.2) is 0 Å². The van der Waals surface area contributed by atoms with Gasteiger partial charge in [-0.2, -0.15) is 11.8 Å². The third kappa shape index (κ3) is 4.58. The summed E-state index contributed by atoms with van der Waals surface area (Å²) in [6.45, 7) is 0.588. The highest BCUT2D eigenvalue weighted by molar-refractivity contribution is 7.98. The van der Waals surface area contributed by atoms with Gasteiger partial charge in [0.25, 0.3) is 11.6 Å². The molecule has 3 aromatic rings. The summed E-state index contributed by atoms with van der Waals surface area (Å²) < 4.78 is 0.870. The minimum atomic E-state index is -0.430. The fourth-order valence-corrected chi connectivity index (χ4v) is 4.12. The van der Waals surface area contributed by atoms with Gasteiger partial charge in [-0.15, -0.1) is 11.3 Å². The Hall–Kier alpha value is -2.38. The van der Waals surface area contributed by atoms with Crippen LogP contribution in [-0.4, -0.2) is 23.1 Å². The lowest BCUT2D eigenvalue weighted by Gasteiger charge is -2.04. The van der Waals surface area contributed by atoms with Gasteiger partial charge in [-0.3, -0.25) is 14.9 Å². The molecule has 25 heavy (non-hydrogen) atoms. The van der Waals surface area contributed by atoms with Crippen molar-refractivity contribution in [3.63, 3.8) is 0 Å². The molecule has 0 aliphatic rings. The van der Waals surface area contributed by atoms with Crippen LogP contribution < -0.4 is 5.32 Å². The van der Waals surface area contributed by atoms with E-state index in [4.69, 9.17) is 0 Å². The van der Waals surface area contributed by atoms with Gasteiger partial charge in [-0.05, 0) is 17.7 Å². The number of nitrogens with one attached hydrogen (secondary N) is 1. The number of benzene rings is 2. The molecule has 0 saturated carbocycles. The molecule has 2 aromatic carbocycles. The second-order valence-corrected chi connectivity index (χ2v) is 7.57. The monoisotopic (exact) mass is 372 g/mol. The molecule has 0 radical (unpaired) electrons. The predicted octanol–water partition coefficient (Wildman–Crippen LogP) is 4.47. The quantitative estimate of drug-likeness (QED) is 0.377. The average Bonchev–Trinajstić information content (AvgIpc) is 3.05. The van der Waals surface area contributed by atoms with Crippen LogP contribution in [0.15, 0.2) is 54.6 Å². The standard InChI is InChI=1S/C18H16N2O3S2/c21-18(19-8-9-24-12-13-4-2-1-3-5-13)17-11-14-10-15(20(22)23)6-7-16(14)25-17/h1-7,10-11H,8-9,12H2,(H,19,21). The molecule has 3 rings (SSSR count). The molecule has 0 unspecified atom stereocenters. The lowest BCUT2D eigenvalue weighted by Crippen LogP contribution is -2.24. The summed E-state index contributed by atoms with van der Waals surface area (Å²) in [4.78, 5) is 23.2. The normalized spacial score (nSPS) is 10.7. The second kappa shape index (κ2) is 8.13. The van der Waals surface area contributed by atoms with Crippen molar-refractivity contribution in [2.75, 3.05) is 12.3 Å². The van der Waals surface area contributed by atoms with Gasteiger partial charge in [-0.1, -0.05) is 30.3 Å². The number of carbonyl (C=O) groups excluding carboxylic acids is 1. The molecule has 1 heterocycles. The van der Waals surface area contributed by atoms with E-state index in [1.165, 1.54) is 29.0 Å². The number of nitro groups is 1. The highest BCUT2D eigenvalue weighted by atomic mass is 32.2. The summed E-state index contributed by atoms with van der Waals surface area (Å²) in [5.41, 5.74) is 1.31. The van der Waals surface area contributed by atoms with E-state index in [0.717, 1.165) is 21.6 Å². The smallest absolute Gasteiger partial charge is 0.270 e. The molecule has 0 fully saturated rings.